The van der Waals surface area contributed by atoms with Crippen molar-refractivity contribution in [2.75, 3.05) is 13.7 Å². The highest BCUT2D eigenvalue weighted by Gasteiger charge is 2.28. The molecular weight excluding hydrogens is 385 g/mol. The van der Waals surface area contributed by atoms with Crippen LogP contribution in [0, 0.1) is 5.82 Å². The molecule has 0 atom stereocenters. The number of halogens is 2. The molecule has 0 aliphatic carbocycles. The number of sulfonamides is 1. The number of rotatable bonds is 4. The van der Waals surface area contributed by atoms with E-state index in [9.17, 15) is 17.6 Å². The maximum atomic E-state index is 14.1. The van der Waals surface area contributed by atoms with Crippen molar-refractivity contribution in [3.63, 3.8) is 0 Å². The quantitative estimate of drug-likeness (QED) is 0.800. The first-order valence-electron chi connectivity index (χ1n) is 7.29. The van der Waals surface area contributed by atoms with E-state index in [1.54, 1.807) is 12.1 Å². The van der Waals surface area contributed by atoms with Gasteiger partial charge in [-0.2, -0.15) is 0 Å². The van der Waals surface area contributed by atoms with E-state index in [0.717, 1.165) is 12.1 Å². The molecule has 26 heavy (non-hydrogen) atoms. The van der Waals surface area contributed by atoms with Gasteiger partial charge in [0.25, 0.3) is 0 Å². The minimum Gasteiger partial charge on any atom is -0.495 e. The number of esters is 1. The third kappa shape index (κ3) is 3.31. The number of benzene rings is 2. The van der Waals surface area contributed by atoms with Gasteiger partial charge in [0.1, 0.15) is 23.1 Å². The summed E-state index contributed by atoms with van der Waals surface area (Å²) in [4.78, 5) is 11.5. The number of cyclic esters (lactones) is 1. The van der Waals surface area contributed by atoms with Gasteiger partial charge in [-0.25, -0.2) is 22.7 Å². The topological polar surface area (TPSA) is 95.7 Å². The van der Waals surface area contributed by atoms with Crippen molar-refractivity contribution in [1.29, 1.82) is 0 Å². The van der Waals surface area contributed by atoms with Gasteiger partial charge < -0.3 is 9.47 Å². The highest BCUT2D eigenvalue weighted by atomic mass is 35.5. The first-order valence-corrected chi connectivity index (χ1v) is 9.21. The lowest BCUT2D eigenvalue weighted by Gasteiger charge is -2.08. The molecule has 0 radical (unpaired) electrons. The van der Waals surface area contributed by atoms with E-state index in [1.807, 2.05) is 0 Å². The molecule has 1 heterocycles. The fourth-order valence-corrected chi connectivity index (χ4v) is 3.51. The molecule has 2 aromatic rings. The summed E-state index contributed by atoms with van der Waals surface area (Å²) in [6.45, 7) is -0.0774. The van der Waals surface area contributed by atoms with Crippen LogP contribution >= 0.6 is 11.6 Å². The fraction of sp³-hybridized carbons (Fsp3) is 0.118. The standard InChI is InChI=1S/C17H13ClFNO5S/c1-24-14-4-2-10(6-12(14)18)16-11(8-25-17(16)21)9-3-5-15(13(19)7-9)26(20,22)23/h2-7H,8H2,1H3,(H2,20,22,23). The predicted octanol–water partition coefficient (Wildman–Crippen LogP) is 2.60. The van der Waals surface area contributed by atoms with E-state index in [1.165, 1.54) is 19.2 Å². The van der Waals surface area contributed by atoms with Crippen LogP contribution in [0.1, 0.15) is 11.1 Å². The molecule has 2 aromatic carbocycles. The Morgan fingerprint density at radius 3 is 2.46 bits per heavy atom. The minimum absolute atomic E-state index is 0.0774. The van der Waals surface area contributed by atoms with Gasteiger partial charge in [0.05, 0.1) is 17.7 Å². The SMILES string of the molecule is COc1ccc(C2=C(c3ccc(S(N)(=O)=O)c(F)c3)COC2=O)cc1Cl. The van der Waals surface area contributed by atoms with Gasteiger partial charge in [-0.15, -0.1) is 0 Å². The van der Waals surface area contributed by atoms with Gasteiger partial charge in [-0.3, -0.25) is 0 Å². The maximum absolute atomic E-state index is 14.1. The summed E-state index contributed by atoms with van der Waals surface area (Å²) in [7, 11) is -2.72. The molecule has 0 fully saturated rings. The Labute approximate surface area is 154 Å². The second kappa shape index (κ2) is 6.71. The van der Waals surface area contributed by atoms with Crippen LogP contribution in [0.4, 0.5) is 4.39 Å². The molecule has 0 saturated carbocycles. The first-order chi connectivity index (χ1) is 12.2. The van der Waals surface area contributed by atoms with E-state index < -0.39 is 26.7 Å². The number of hydrogen-bond donors (Lipinski definition) is 1. The monoisotopic (exact) mass is 397 g/mol. The second-order valence-electron chi connectivity index (χ2n) is 5.47. The van der Waals surface area contributed by atoms with Crippen LogP contribution in [0.15, 0.2) is 41.3 Å². The molecule has 1 aliphatic rings. The van der Waals surface area contributed by atoms with Gasteiger partial charge >= 0.3 is 5.97 Å². The zero-order valence-corrected chi connectivity index (χ0v) is 15.0. The molecule has 2 N–H and O–H groups in total. The Morgan fingerprint density at radius 2 is 1.88 bits per heavy atom. The normalized spacial score (nSPS) is 14.5. The number of carbonyl (C=O) groups excluding carboxylic acids is 1. The first kappa shape index (κ1) is 18.4. The Bertz CT molecular complexity index is 1050. The molecule has 0 bridgehead atoms. The highest BCUT2D eigenvalue weighted by molar-refractivity contribution is 7.89. The average molecular weight is 398 g/mol. The molecule has 6 nitrogen and oxygen atoms in total. The van der Waals surface area contributed by atoms with Gasteiger partial charge in [0, 0.05) is 5.57 Å². The third-order valence-electron chi connectivity index (χ3n) is 3.88. The number of carbonyl (C=O) groups is 1. The summed E-state index contributed by atoms with van der Waals surface area (Å²) >= 11 is 6.11. The van der Waals surface area contributed by atoms with Gasteiger partial charge in [-0.05, 0) is 35.4 Å². The van der Waals surface area contributed by atoms with Crippen molar-refractivity contribution in [1.82, 2.24) is 0 Å². The zero-order valence-electron chi connectivity index (χ0n) is 13.5. The molecule has 0 aromatic heterocycles. The molecule has 0 saturated heterocycles. The highest BCUT2D eigenvalue weighted by Crippen LogP contribution is 2.36. The predicted molar refractivity (Wildman–Crippen MR) is 93.6 cm³/mol. The van der Waals surface area contributed by atoms with Crippen LogP contribution in [0.2, 0.25) is 5.02 Å². The summed E-state index contributed by atoms with van der Waals surface area (Å²) in [5.41, 5.74) is 1.42. The number of primary sulfonamides is 1. The smallest absolute Gasteiger partial charge is 0.339 e. The number of hydrogen-bond acceptors (Lipinski definition) is 5. The van der Waals surface area contributed by atoms with Crippen LogP contribution in [0.3, 0.4) is 0 Å². The van der Waals surface area contributed by atoms with E-state index in [0.29, 0.717) is 27.5 Å². The average Bonchev–Trinajstić information content (AvgIpc) is 2.95. The zero-order chi connectivity index (χ0) is 19.1. The Balaban J connectivity index is 2.14. The van der Waals surface area contributed by atoms with Gasteiger partial charge in [0.2, 0.25) is 10.0 Å². The molecule has 0 unspecified atom stereocenters. The summed E-state index contributed by atoms with van der Waals surface area (Å²) in [6, 6.07) is 8.18. The number of ether oxygens (including phenoxy) is 2. The summed E-state index contributed by atoms with van der Waals surface area (Å²) in [5, 5.41) is 5.26. The molecule has 0 spiro atoms. The van der Waals surface area contributed by atoms with Crippen molar-refractivity contribution in [3.05, 3.63) is 58.4 Å². The molecule has 1 aliphatic heterocycles. The molecule has 3 rings (SSSR count). The van der Waals surface area contributed by atoms with Crippen LogP contribution in [-0.2, 0) is 19.6 Å². The Hall–Kier alpha value is -2.42. The summed E-state index contributed by atoms with van der Waals surface area (Å²) in [6.07, 6.45) is 0. The van der Waals surface area contributed by atoms with Crippen molar-refractivity contribution < 1.29 is 27.1 Å². The fourth-order valence-electron chi connectivity index (χ4n) is 2.67. The van der Waals surface area contributed by atoms with Crippen LogP contribution in [0.25, 0.3) is 11.1 Å². The van der Waals surface area contributed by atoms with E-state index >= 15 is 0 Å². The number of methoxy groups -OCH3 is 1. The van der Waals surface area contributed by atoms with Crippen LogP contribution in [-0.4, -0.2) is 28.1 Å². The van der Waals surface area contributed by atoms with Crippen molar-refractivity contribution >= 4 is 38.7 Å². The second-order valence-corrected chi connectivity index (χ2v) is 7.41. The van der Waals surface area contributed by atoms with E-state index in [-0.39, 0.29) is 12.2 Å². The lowest BCUT2D eigenvalue weighted by atomic mass is 9.96. The lowest BCUT2D eigenvalue weighted by Crippen LogP contribution is -2.14. The summed E-state index contributed by atoms with van der Waals surface area (Å²) < 4.78 is 47.0. The largest absolute Gasteiger partial charge is 0.495 e. The third-order valence-corrected chi connectivity index (χ3v) is 5.12. The molecule has 136 valence electrons. The Morgan fingerprint density at radius 1 is 1.19 bits per heavy atom. The van der Waals surface area contributed by atoms with Crippen LogP contribution in [0.5, 0.6) is 5.75 Å². The minimum atomic E-state index is -4.18. The van der Waals surface area contributed by atoms with Gasteiger partial charge in [0.15, 0.2) is 0 Å². The maximum Gasteiger partial charge on any atom is 0.339 e. The van der Waals surface area contributed by atoms with Crippen LogP contribution < -0.4 is 9.88 Å². The Kier molecular flexibility index (Phi) is 4.74. The molecule has 9 heteroatoms. The van der Waals surface area contributed by atoms with Crippen molar-refractivity contribution in [3.8, 4) is 5.75 Å². The lowest BCUT2D eigenvalue weighted by molar-refractivity contribution is -0.133. The van der Waals surface area contributed by atoms with E-state index in [4.69, 9.17) is 26.2 Å². The summed E-state index contributed by atoms with van der Waals surface area (Å²) in [5.74, 6) is -1.16. The molecular formula is C17H13ClFNO5S. The van der Waals surface area contributed by atoms with Crippen molar-refractivity contribution in [2.45, 2.75) is 4.90 Å². The number of nitrogens with two attached hydrogens (primary N) is 1. The van der Waals surface area contributed by atoms with Crippen molar-refractivity contribution in [2.24, 2.45) is 5.14 Å². The molecule has 0 amide bonds. The van der Waals surface area contributed by atoms with Gasteiger partial charge in [-0.1, -0.05) is 23.7 Å². The van der Waals surface area contributed by atoms with E-state index in [2.05, 4.69) is 0 Å².